The Morgan fingerprint density at radius 1 is 1.30 bits per heavy atom. The first kappa shape index (κ1) is 17.8. The number of hydrogen-bond acceptors (Lipinski definition) is 3. The minimum Gasteiger partial charge on any atom is -0.333 e. The van der Waals surface area contributed by atoms with Crippen molar-refractivity contribution in [3.63, 3.8) is 0 Å². The van der Waals surface area contributed by atoms with Gasteiger partial charge in [-0.25, -0.2) is 0 Å². The summed E-state index contributed by atoms with van der Waals surface area (Å²) in [4.78, 5) is 26.5. The molecule has 1 aliphatic carbocycles. The molecular formula is C17H24ClN3O2. The third-order valence-electron chi connectivity index (χ3n) is 4.59. The zero-order chi connectivity index (χ0) is 15.7. The van der Waals surface area contributed by atoms with Crippen molar-refractivity contribution in [2.45, 2.75) is 26.3 Å². The first-order valence-electron chi connectivity index (χ1n) is 7.99. The summed E-state index contributed by atoms with van der Waals surface area (Å²) in [7, 11) is 0. The first-order chi connectivity index (χ1) is 10.6. The number of carbonyl (C=O) groups excluding carboxylic acids is 2. The Morgan fingerprint density at radius 3 is 2.70 bits per heavy atom. The van der Waals surface area contributed by atoms with E-state index in [1.54, 1.807) is 6.07 Å². The number of benzene rings is 1. The number of amides is 2. The van der Waals surface area contributed by atoms with Gasteiger partial charge < -0.3 is 15.5 Å². The van der Waals surface area contributed by atoms with Gasteiger partial charge >= 0.3 is 0 Å². The van der Waals surface area contributed by atoms with E-state index in [9.17, 15) is 9.59 Å². The monoisotopic (exact) mass is 337 g/mol. The van der Waals surface area contributed by atoms with E-state index in [4.69, 9.17) is 0 Å². The van der Waals surface area contributed by atoms with Crippen LogP contribution in [0.5, 0.6) is 0 Å². The van der Waals surface area contributed by atoms with Gasteiger partial charge in [0.15, 0.2) is 0 Å². The Labute approximate surface area is 143 Å². The highest BCUT2D eigenvalue weighted by Crippen LogP contribution is 2.38. The fraction of sp³-hybridized carbons (Fsp3) is 0.529. The van der Waals surface area contributed by atoms with E-state index in [2.05, 4.69) is 17.6 Å². The summed E-state index contributed by atoms with van der Waals surface area (Å²) in [6, 6.07) is 7.44. The summed E-state index contributed by atoms with van der Waals surface area (Å²) in [5.41, 5.74) is 1.34. The third-order valence-corrected chi connectivity index (χ3v) is 4.59. The molecule has 0 spiro atoms. The highest BCUT2D eigenvalue weighted by Gasteiger charge is 2.39. The third kappa shape index (κ3) is 4.03. The molecule has 1 aromatic carbocycles. The molecule has 1 aromatic rings. The second-order valence-electron chi connectivity index (χ2n) is 6.44. The molecule has 6 heteroatoms. The van der Waals surface area contributed by atoms with Gasteiger partial charge in [-0.05, 0) is 37.5 Å². The zero-order valence-electron chi connectivity index (χ0n) is 13.5. The Kier molecular flexibility index (Phi) is 5.65. The van der Waals surface area contributed by atoms with Gasteiger partial charge in [0, 0.05) is 42.8 Å². The second-order valence-corrected chi connectivity index (χ2v) is 6.44. The Hall–Kier alpha value is -1.59. The van der Waals surface area contributed by atoms with E-state index in [1.807, 2.05) is 30.0 Å². The van der Waals surface area contributed by atoms with Gasteiger partial charge in [0.1, 0.15) is 0 Å². The van der Waals surface area contributed by atoms with Crippen LogP contribution in [0.4, 0.5) is 5.69 Å². The Morgan fingerprint density at radius 2 is 2.04 bits per heavy atom. The molecule has 1 aliphatic heterocycles. The average Bonchev–Trinajstić information content (AvgIpc) is 3.24. The van der Waals surface area contributed by atoms with Crippen LogP contribution in [0.3, 0.4) is 0 Å². The van der Waals surface area contributed by atoms with Crippen LogP contribution in [0, 0.1) is 11.8 Å². The predicted octanol–water partition coefficient (Wildman–Crippen LogP) is 2.14. The van der Waals surface area contributed by atoms with Crippen LogP contribution in [0.15, 0.2) is 24.3 Å². The molecule has 23 heavy (non-hydrogen) atoms. The number of anilines is 1. The van der Waals surface area contributed by atoms with Crippen LogP contribution < -0.4 is 10.6 Å². The SMILES string of the molecule is CC1CC1C(=O)Nc1cccc(C(=O)N2CCNCC2C)c1.Cl. The molecule has 1 saturated heterocycles. The van der Waals surface area contributed by atoms with Gasteiger partial charge in [0.2, 0.25) is 5.91 Å². The van der Waals surface area contributed by atoms with E-state index >= 15 is 0 Å². The molecule has 1 heterocycles. The molecule has 1 saturated carbocycles. The van der Waals surface area contributed by atoms with Crippen molar-refractivity contribution >= 4 is 29.9 Å². The van der Waals surface area contributed by atoms with Crippen LogP contribution in [0.25, 0.3) is 0 Å². The first-order valence-corrected chi connectivity index (χ1v) is 7.99. The molecule has 2 aliphatic rings. The largest absolute Gasteiger partial charge is 0.333 e. The normalized spacial score (nSPS) is 26.2. The highest BCUT2D eigenvalue weighted by atomic mass is 35.5. The maximum Gasteiger partial charge on any atom is 0.254 e. The molecular weight excluding hydrogens is 314 g/mol. The molecule has 2 fully saturated rings. The van der Waals surface area contributed by atoms with Crippen molar-refractivity contribution in [1.82, 2.24) is 10.2 Å². The van der Waals surface area contributed by atoms with Gasteiger partial charge in [0.05, 0.1) is 0 Å². The summed E-state index contributed by atoms with van der Waals surface area (Å²) in [5.74, 6) is 0.705. The summed E-state index contributed by atoms with van der Waals surface area (Å²) >= 11 is 0. The van der Waals surface area contributed by atoms with Crippen LogP contribution >= 0.6 is 12.4 Å². The molecule has 3 unspecified atom stereocenters. The molecule has 126 valence electrons. The zero-order valence-corrected chi connectivity index (χ0v) is 14.4. The number of piperazine rings is 1. The molecule has 5 nitrogen and oxygen atoms in total. The lowest BCUT2D eigenvalue weighted by Crippen LogP contribution is -2.52. The fourth-order valence-corrected chi connectivity index (χ4v) is 2.96. The minimum absolute atomic E-state index is 0. The number of nitrogens with one attached hydrogen (secondary N) is 2. The maximum atomic E-state index is 12.6. The lowest BCUT2D eigenvalue weighted by Gasteiger charge is -2.34. The average molecular weight is 338 g/mol. The van der Waals surface area contributed by atoms with Crippen molar-refractivity contribution in [3.8, 4) is 0 Å². The summed E-state index contributed by atoms with van der Waals surface area (Å²) in [6.45, 7) is 6.49. The number of carbonyl (C=O) groups is 2. The Balaban J connectivity index is 0.00000192. The highest BCUT2D eigenvalue weighted by molar-refractivity contribution is 5.98. The quantitative estimate of drug-likeness (QED) is 0.888. The predicted molar refractivity (Wildman–Crippen MR) is 93.0 cm³/mol. The summed E-state index contributed by atoms with van der Waals surface area (Å²) in [6.07, 6.45) is 0.961. The van der Waals surface area contributed by atoms with E-state index in [0.29, 0.717) is 17.2 Å². The Bertz CT molecular complexity index is 593. The number of halogens is 1. The smallest absolute Gasteiger partial charge is 0.254 e. The van der Waals surface area contributed by atoms with E-state index in [1.165, 1.54) is 0 Å². The summed E-state index contributed by atoms with van der Waals surface area (Å²) in [5, 5.41) is 6.20. The number of rotatable bonds is 3. The summed E-state index contributed by atoms with van der Waals surface area (Å²) < 4.78 is 0. The van der Waals surface area contributed by atoms with Crippen LogP contribution in [0.2, 0.25) is 0 Å². The maximum absolute atomic E-state index is 12.6. The van der Waals surface area contributed by atoms with Gasteiger partial charge in [0.25, 0.3) is 5.91 Å². The molecule has 2 N–H and O–H groups in total. The molecule has 0 bridgehead atoms. The molecule has 3 rings (SSSR count). The van der Waals surface area contributed by atoms with Crippen molar-refractivity contribution in [1.29, 1.82) is 0 Å². The van der Waals surface area contributed by atoms with E-state index in [0.717, 1.165) is 26.1 Å². The fourth-order valence-electron chi connectivity index (χ4n) is 2.96. The lowest BCUT2D eigenvalue weighted by molar-refractivity contribution is -0.117. The van der Waals surface area contributed by atoms with Crippen LogP contribution in [-0.2, 0) is 4.79 Å². The lowest BCUT2D eigenvalue weighted by atomic mass is 10.1. The van der Waals surface area contributed by atoms with Crippen molar-refractivity contribution in [2.24, 2.45) is 11.8 Å². The van der Waals surface area contributed by atoms with Crippen LogP contribution in [0.1, 0.15) is 30.6 Å². The van der Waals surface area contributed by atoms with Gasteiger partial charge in [-0.2, -0.15) is 0 Å². The van der Waals surface area contributed by atoms with E-state index in [-0.39, 0.29) is 36.2 Å². The number of nitrogens with zero attached hydrogens (tertiary/aromatic N) is 1. The van der Waals surface area contributed by atoms with Crippen molar-refractivity contribution in [3.05, 3.63) is 29.8 Å². The van der Waals surface area contributed by atoms with Gasteiger partial charge in [-0.3, -0.25) is 9.59 Å². The number of hydrogen-bond donors (Lipinski definition) is 2. The van der Waals surface area contributed by atoms with Gasteiger partial charge in [-0.1, -0.05) is 13.0 Å². The van der Waals surface area contributed by atoms with Crippen LogP contribution in [-0.4, -0.2) is 42.4 Å². The van der Waals surface area contributed by atoms with E-state index < -0.39 is 0 Å². The minimum atomic E-state index is 0. The van der Waals surface area contributed by atoms with Crippen molar-refractivity contribution < 1.29 is 9.59 Å². The van der Waals surface area contributed by atoms with Crippen molar-refractivity contribution in [2.75, 3.05) is 25.0 Å². The molecule has 2 amide bonds. The molecule has 3 atom stereocenters. The topological polar surface area (TPSA) is 61.4 Å². The second kappa shape index (κ2) is 7.32. The molecule has 0 radical (unpaired) electrons. The molecule has 0 aromatic heterocycles. The standard InChI is InChI=1S/C17H23N3O2.ClH/c1-11-8-15(11)16(21)19-14-5-3-4-13(9-14)17(22)20-7-6-18-10-12(20)2;/h3-5,9,11-12,15,18H,6-8,10H2,1-2H3,(H,19,21);1H. The van der Waals surface area contributed by atoms with Gasteiger partial charge in [-0.15, -0.1) is 12.4 Å².